The van der Waals surface area contributed by atoms with Gasteiger partial charge in [0.1, 0.15) is 0 Å². The number of hydrogen-bond acceptors (Lipinski definition) is 1. The molecule has 0 saturated carbocycles. The van der Waals surface area contributed by atoms with Gasteiger partial charge < -0.3 is 0 Å². The number of ketones is 1. The quantitative estimate of drug-likeness (QED) is 0.355. The molecule has 0 aliphatic carbocycles. The largest absolute Gasteiger partial charge is 0.295 e. The van der Waals surface area contributed by atoms with E-state index in [4.69, 9.17) is 0 Å². The van der Waals surface area contributed by atoms with Crippen LogP contribution in [0.15, 0.2) is 48.1 Å². The Labute approximate surface area is 117 Å². The van der Waals surface area contributed by atoms with Crippen LogP contribution in [0.4, 0.5) is 0 Å². The van der Waals surface area contributed by atoms with Crippen LogP contribution in [-0.4, -0.2) is 5.78 Å². The third kappa shape index (κ3) is 7.40. The summed E-state index contributed by atoms with van der Waals surface area (Å²) in [5, 5.41) is 0. The zero-order chi connectivity index (χ0) is 13.9. The Morgan fingerprint density at radius 3 is 2.42 bits per heavy atom. The molecule has 0 bridgehead atoms. The van der Waals surface area contributed by atoms with Crippen molar-refractivity contribution in [3.05, 3.63) is 53.6 Å². The summed E-state index contributed by atoms with van der Waals surface area (Å²) in [7, 11) is 0. The highest BCUT2D eigenvalue weighted by Crippen LogP contribution is 2.15. The maximum Gasteiger partial charge on any atom is 0.152 e. The van der Waals surface area contributed by atoms with Crippen LogP contribution >= 0.6 is 0 Å². The molecule has 19 heavy (non-hydrogen) atoms. The smallest absolute Gasteiger partial charge is 0.152 e. The molecule has 0 amide bonds. The van der Waals surface area contributed by atoms with Crippen molar-refractivity contribution >= 4 is 11.9 Å². The molecule has 1 rings (SSSR count). The zero-order valence-corrected chi connectivity index (χ0v) is 12.1. The van der Waals surface area contributed by atoms with Gasteiger partial charge in [-0.25, -0.2) is 0 Å². The van der Waals surface area contributed by atoms with Gasteiger partial charge in [0.2, 0.25) is 0 Å². The van der Waals surface area contributed by atoms with Crippen molar-refractivity contribution < 1.29 is 4.79 Å². The number of benzene rings is 1. The Bertz CT molecular complexity index is 426. The second-order valence-electron chi connectivity index (χ2n) is 4.88. The highest BCUT2D eigenvalue weighted by Gasteiger charge is 1.96. The summed E-state index contributed by atoms with van der Waals surface area (Å²) >= 11 is 0. The van der Waals surface area contributed by atoms with E-state index in [0.717, 1.165) is 6.42 Å². The van der Waals surface area contributed by atoms with Crippen LogP contribution < -0.4 is 0 Å². The summed E-state index contributed by atoms with van der Waals surface area (Å²) in [5.74, 6) is 0.104. The van der Waals surface area contributed by atoms with E-state index in [9.17, 15) is 4.79 Å². The minimum Gasteiger partial charge on any atom is -0.295 e. The summed E-state index contributed by atoms with van der Waals surface area (Å²) in [5.41, 5.74) is 2.43. The maximum absolute atomic E-state index is 11.1. The third-order valence-electron chi connectivity index (χ3n) is 3.00. The Balaban J connectivity index is 2.68. The fourth-order valence-electron chi connectivity index (χ4n) is 1.95. The van der Waals surface area contributed by atoms with Crippen LogP contribution in [0.3, 0.4) is 0 Å². The second kappa shape index (κ2) is 9.32. The molecule has 0 unspecified atom stereocenters. The van der Waals surface area contributed by atoms with Crippen molar-refractivity contribution in [1.29, 1.82) is 0 Å². The van der Waals surface area contributed by atoms with E-state index in [2.05, 4.69) is 25.1 Å². The lowest BCUT2D eigenvalue weighted by atomic mass is 10.0. The third-order valence-corrected chi connectivity index (χ3v) is 3.00. The van der Waals surface area contributed by atoms with Crippen molar-refractivity contribution in [2.24, 2.45) is 0 Å². The lowest BCUT2D eigenvalue weighted by molar-refractivity contribution is -0.112. The van der Waals surface area contributed by atoms with Gasteiger partial charge in [-0.3, -0.25) is 4.79 Å². The fraction of sp³-hybridized carbons (Fsp3) is 0.389. The van der Waals surface area contributed by atoms with Crippen molar-refractivity contribution in [3.63, 3.8) is 0 Å². The van der Waals surface area contributed by atoms with Gasteiger partial charge in [-0.15, -0.1) is 0 Å². The van der Waals surface area contributed by atoms with E-state index in [1.807, 2.05) is 24.3 Å². The lowest BCUT2D eigenvalue weighted by Gasteiger charge is -2.03. The van der Waals surface area contributed by atoms with E-state index in [1.165, 1.54) is 36.8 Å². The highest BCUT2D eigenvalue weighted by molar-refractivity contribution is 5.87. The van der Waals surface area contributed by atoms with Crippen LogP contribution in [0.5, 0.6) is 0 Å². The van der Waals surface area contributed by atoms with Crippen LogP contribution in [0.1, 0.15) is 51.5 Å². The van der Waals surface area contributed by atoms with Gasteiger partial charge >= 0.3 is 0 Å². The van der Waals surface area contributed by atoms with Crippen molar-refractivity contribution in [1.82, 2.24) is 0 Å². The maximum atomic E-state index is 11.1. The summed E-state index contributed by atoms with van der Waals surface area (Å²) in [6.07, 6.45) is 11.8. The normalized spacial score (nSPS) is 12.0. The first-order valence-electron chi connectivity index (χ1n) is 7.16. The van der Waals surface area contributed by atoms with Crippen LogP contribution in [0.2, 0.25) is 0 Å². The SMILES string of the molecule is CCCCCCC(/C=C/C(C)=O)=C\c1ccccc1. The number of unbranched alkanes of at least 4 members (excludes halogenated alkanes) is 3. The topological polar surface area (TPSA) is 17.1 Å². The highest BCUT2D eigenvalue weighted by atomic mass is 16.1. The number of allylic oxidation sites excluding steroid dienone is 3. The Morgan fingerprint density at radius 1 is 1.05 bits per heavy atom. The molecule has 0 aromatic heterocycles. The molecule has 102 valence electrons. The molecule has 0 N–H and O–H groups in total. The lowest BCUT2D eigenvalue weighted by Crippen LogP contribution is -1.86. The Kier molecular flexibility index (Phi) is 7.57. The molecule has 0 heterocycles. The standard InChI is InChI=1S/C18H24O/c1-3-4-5-7-12-18(14-13-16(2)19)15-17-10-8-6-9-11-17/h6,8-11,13-15H,3-5,7,12H2,1-2H3/b14-13+,18-15+. The van der Waals surface area contributed by atoms with E-state index < -0.39 is 0 Å². The Hall–Kier alpha value is -1.63. The van der Waals surface area contributed by atoms with Gasteiger partial charge in [0.05, 0.1) is 0 Å². The summed E-state index contributed by atoms with van der Waals surface area (Å²) in [6, 6.07) is 10.3. The predicted molar refractivity (Wildman–Crippen MR) is 83.0 cm³/mol. The molecule has 1 heteroatoms. The molecule has 0 spiro atoms. The molecule has 1 aromatic carbocycles. The molecule has 0 aliphatic rings. The molecular weight excluding hydrogens is 232 g/mol. The van der Waals surface area contributed by atoms with Gasteiger partial charge in [0, 0.05) is 0 Å². The first kappa shape index (κ1) is 15.4. The van der Waals surface area contributed by atoms with Gasteiger partial charge in [0.15, 0.2) is 5.78 Å². The molecule has 1 aromatic rings. The second-order valence-corrected chi connectivity index (χ2v) is 4.88. The number of carbonyl (C=O) groups is 1. The average Bonchev–Trinajstić information content (AvgIpc) is 2.41. The van der Waals surface area contributed by atoms with Crippen molar-refractivity contribution in [3.8, 4) is 0 Å². The number of rotatable bonds is 8. The molecule has 0 radical (unpaired) electrons. The molecule has 1 nitrogen and oxygen atoms in total. The minimum absolute atomic E-state index is 0.104. The first-order valence-corrected chi connectivity index (χ1v) is 7.16. The first-order chi connectivity index (χ1) is 9.22. The van der Waals surface area contributed by atoms with Gasteiger partial charge in [-0.2, -0.15) is 0 Å². The summed E-state index contributed by atoms with van der Waals surface area (Å²) in [6.45, 7) is 3.81. The molecule has 0 fully saturated rings. The molecule has 0 saturated heterocycles. The zero-order valence-electron chi connectivity index (χ0n) is 12.1. The number of hydrogen-bond donors (Lipinski definition) is 0. The fourth-order valence-corrected chi connectivity index (χ4v) is 1.95. The van der Waals surface area contributed by atoms with E-state index in [1.54, 1.807) is 13.0 Å². The number of carbonyl (C=O) groups excluding carboxylic acids is 1. The van der Waals surface area contributed by atoms with Crippen LogP contribution in [0.25, 0.3) is 6.08 Å². The summed E-state index contributed by atoms with van der Waals surface area (Å²) < 4.78 is 0. The van der Waals surface area contributed by atoms with Crippen LogP contribution in [0, 0.1) is 0 Å². The van der Waals surface area contributed by atoms with Gasteiger partial charge in [0.25, 0.3) is 0 Å². The molecule has 0 aliphatic heterocycles. The molecule has 0 atom stereocenters. The molecular formula is C18H24O. The van der Waals surface area contributed by atoms with Gasteiger partial charge in [-0.1, -0.05) is 68.7 Å². The summed E-state index contributed by atoms with van der Waals surface area (Å²) in [4.78, 5) is 11.1. The van der Waals surface area contributed by atoms with Crippen molar-refractivity contribution in [2.75, 3.05) is 0 Å². The average molecular weight is 256 g/mol. The van der Waals surface area contributed by atoms with Crippen molar-refractivity contribution in [2.45, 2.75) is 46.0 Å². The van der Waals surface area contributed by atoms with Crippen LogP contribution in [-0.2, 0) is 4.79 Å². The van der Waals surface area contributed by atoms with E-state index >= 15 is 0 Å². The monoisotopic (exact) mass is 256 g/mol. The van der Waals surface area contributed by atoms with E-state index in [-0.39, 0.29) is 5.78 Å². The minimum atomic E-state index is 0.104. The van der Waals surface area contributed by atoms with Gasteiger partial charge in [-0.05, 0) is 37.0 Å². The predicted octanol–water partition coefficient (Wildman–Crippen LogP) is 5.19. The Morgan fingerprint density at radius 2 is 1.79 bits per heavy atom. The van der Waals surface area contributed by atoms with E-state index in [0.29, 0.717) is 0 Å².